The fourth-order valence-corrected chi connectivity index (χ4v) is 3.67. The van der Waals surface area contributed by atoms with Gasteiger partial charge in [-0.15, -0.1) is 0 Å². The fourth-order valence-electron chi connectivity index (χ4n) is 3.02. The van der Waals surface area contributed by atoms with Crippen molar-refractivity contribution < 1.29 is 23.1 Å². The van der Waals surface area contributed by atoms with Crippen molar-refractivity contribution in [3.8, 4) is 0 Å². The highest BCUT2D eigenvalue weighted by Gasteiger charge is 2.37. The van der Waals surface area contributed by atoms with Gasteiger partial charge >= 0.3 is 5.97 Å². The molecule has 25 heavy (non-hydrogen) atoms. The third kappa shape index (κ3) is 3.02. The maximum absolute atomic E-state index is 13.0. The van der Waals surface area contributed by atoms with Crippen molar-refractivity contribution in [2.24, 2.45) is 0 Å². The zero-order valence-corrected chi connectivity index (χ0v) is 14.6. The molecule has 1 heterocycles. The Labute approximate surface area is 145 Å². The molecule has 0 spiro atoms. The molecule has 0 saturated heterocycles. The number of benzene rings is 2. The van der Waals surface area contributed by atoms with E-state index in [1.807, 2.05) is 0 Å². The maximum Gasteiger partial charge on any atom is 0.312 e. The van der Waals surface area contributed by atoms with E-state index >= 15 is 0 Å². The fraction of sp³-hybridized carbons (Fsp3) is 0.222. The summed E-state index contributed by atoms with van der Waals surface area (Å²) in [7, 11) is -3.45. The second-order valence-electron chi connectivity index (χ2n) is 6.11. The van der Waals surface area contributed by atoms with Crippen LogP contribution in [0.5, 0.6) is 0 Å². The van der Waals surface area contributed by atoms with Crippen molar-refractivity contribution >= 4 is 27.4 Å². The summed E-state index contributed by atoms with van der Waals surface area (Å²) >= 11 is 0. The summed E-state index contributed by atoms with van der Waals surface area (Å²) < 4.78 is 23.6. The molecule has 0 unspecified atom stereocenters. The number of fused-ring (bicyclic) bond motifs is 1. The summed E-state index contributed by atoms with van der Waals surface area (Å²) in [6, 6.07) is 11.3. The van der Waals surface area contributed by atoms with E-state index in [1.165, 1.54) is 17.0 Å². The number of carboxylic acid groups (broad SMARTS) is 1. The van der Waals surface area contributed by atoms with Crippen LogP contribution in [-0.2, 0) is 14.6 Å². The van der Waals surface area contributed by atoms with E-state index in [4.69, 9.17) is 0 Å². The number of hydrogen-bond donors (Lipinski definition) is 1. The molecule has 130 valence electrons. The second-order valence-corrected chi connectivity index (χ2v) is 8.13. The molecule has 0 aliphatic carbocycles. The number of rotatable bonds is 3. The van der Waals surface area contributed by atoms with Crippen molar-refractivity contribution in [1.29, 1.82) is 0 Å². The molecule has 0 aromatic heterocycles. The Bertz CT molecular complexity index is 981. The van der Waals surface area contributed by atoms with E-state index in [0.717, 1.165) is 6.26 Å². The van der Waals surface area contributed by atoms with E-state index in [0.29, 0.717) is 16.8 Å². The number of carboxylic acids is 1. The lowest BCUT2D eigenvalue weighted by molar-refractivity contribution is -0.138. The molecule has 0 bridgehead atoms. The van der Waals surface area contributed by atoms with Gasteiger partial charge in [0.1, 0.15) is 5.92 Å². The lowest BCUT2D eigenvalue weighted by Crippen LogP contribution is -2.31. The van der Waals surface area contributed by atoms with Crippen LogP contribution < -0.4 is 4.90 Å². The highest BCUT2D eigenvalue weighted by Crippen LogP contribution is 2.37. The maximum atomic E-state index is 13.0. The summed E-state index contributed by atoms with van der Waals surface area (Å²) in [6.07, 6.45) is 1.08. The molecule has 3 rings (SSSR count). The highest BCUT2D eigenvalue weighted by molar-refractivity contribution is 7.90. The van der Waals surface area contributed by atoms with Crippen molar-refractivity contribution in [3.05, 3.63) is 59.2 Å². The number of hydrogen-bond acceptors (Lipinski definition) is 4. The van der Waals surface area contributed by atoms with Gasteiger partial charge in [-0.2, -0.15) is 0 Å². The molecule has 1 amide bonds. The largest absolute Gasteiger partial charge is 0.481 e. The van der Waals surface area contributed by atoms with E-state index in [9.17, 15) is 23.1 Å². The number of para-hydroxylation sites is 1. The lowest BCUT2D eigenvalue weighted by Gasteiger charge is -2.19. The molecule has 6 nitrogen and oxygen atoms in total. The monoisotopic (exact) mass is 359 g/mol. The Morgan fingerprint density at radius 2 is 1.84 bits per heavy atom. The average molecular weight is 359 g/mol. The third-order valence-corrected chi connectivity index (χ3v) is 5.49. The van der Waals surface area contributed by atoms with Crippen molar-refractivity contribution in [1.82, 2.24) is 0 Å². The van der Waals surface area contributed by atoms with Gasteiger partial charge in [0.25, 0.3) is 5.91 Å². The third-order valence-electron chi connectivity index (χ3n) is 4.38. The summed E-state index contributed by atoms with van der Waals surface area (Å²) in [6.45, 7) is 1.74. The molecule has 2 aromatic rings. The first-order valence-electron chi connectivity index (χ1n) is 7.64. The van der Waals surface area contributed by atoms with Crippen LogP contribution in [0.4, 0.5) is 5.69 Å². The molecule has 0 radical (unpaired) electrons. The number of carbonyl (C=O) groups is 2. The van der Waals surface area contributed by atoms with Gasteiger partial charge in [-0.3, -0.25) is 9.59 Å². The van der Waals surface area contributed by atoms with Crippen LogP contribution in [-0.4, -0.2) is 38.2 Å². The van der Waals surface area contributed by atoms with E-state index < -0.39 is 27.6 Å². The summed E-state index contributed by atoms with van der Waals surface area (Å²) in [5.74, 6) is -2.19. The predicted molar refractivity (Wildman–Crippen MR) is 92.8 cm³/mol. The Morgan fingerprint density at radius 3 is 2.48 bits per heavy atom. The number of aryl methyl sites for hydroxylation is 1. The highest BCUT2D eigenvalue weighted by atomic mass is 32.2. The predicted octanol–water partition coefficient (Wildman–Crippen LogP) is 2.23. The first-order valence-corrected chi connectivity index (χ1v) is 9.53. The van der Waals surface area contributed by atoms with Crippen molar-refractivity contribution in [2.75, 3.05) is 17.7 Å². The molecule has 2 aromatic carbocycles. The second kappa shape index (κ2) is 6.00. The number of aliphatic carboxylic acids is 1. The molecule has 1 aliphatic rings. The molecule has 1 atom stereocenters. The van der Waals surface area contributed by atoms with Gasteiger partial charge in [0.15, 0.2) is 9.84 Å². The van der Waals surface area contributed by atoms with Gasteiger partial charge in [-0.25, -0.2) is 8.42 Å². The van der Waals surface area contributed by atoms with Gasteiger partial charge in [-0.1, -0.05) is 24.3 Å². The topological polar surface area (TPSA) is 91.8 Å². The number of anilines is 1. The molecule has 1 N–H and O–H groups in total. The quantitative estimate of drug-likeness (QED) is 0.907. The van der Waals surface area contributed by atoms with E-state index in [1.54, 1.807) is 37.3 Å². The SMILES string of the molecule is Cc1ccc(S(C)(=O)=O)cc1C(=O)N1C[C@H](C(=O)O)c2ccccc21. The van der Waals surface area contributed by atoms with Gasteiger partial charge < -0.3 is 10.0 Å². The Balaban J connectivity index is 2.07. The van der Waals surface area contributed by atoms with Crippen LogP contribution in [0.1, 0.15) is 27.4 Å². The van der Waals surface area contributed by atoms with Crippen LogP contribution in [0.3, 0.4) is 0 Å². The molecular weight excluding hydrogens is 342 g/mol. The smallest absolute Gasteiger partial charge is 0.312 e. The van der Waals surface area contributed by atoms with Crippen molar-refractivity contribution in [3.63, 3.8) is 0 Å². The van der Waals surface area contributed by atoms with E-state index in [-0.39, 0.29) is 17.0 Å². The summed E-state index contributed by atoms with van der Waals surface area (Å²) in [5, 5.41) is 9.42. The summed E-state index contributed by atoms with van der Waals surface area (Å²) in [4.78, 5) is 26.0. The zero-order chi connectivity index (χ0) is 18.4. The number of sulfone groups is 1. The van der Waals surface area contributed by atoms with Crippen LogP contribution in [0.2, 0.25) is 0 Å². The molecule has 1 aliphatic heterocycles. The molecule has 0 saturated carbocycles. The average Bonchev–Trinajstić information content (AvgIpc) is 2.93. The lowest BCUT2D eigenvalue weighted by atomic mass is 10.0. The standard InChI is InChI=1S/C18H17NO5S/c1-11-7-8-12(25(2,23)24)9-14(11)17(20)19-10-15(18(21)22)13-5-3-4-6-16(13)19/h3-9,15H,10H2,1-2H3,(H,21,22)/t15-/m0/s1. The minimum absolute atomic E-state index is 0.0239. The number of nitrogens with zero attached hydrogens (tertiary/aromatic N) is 1. The first kappa shape index (κ1) is 17.2. The number of carbonyl (C=O) groups excluding carboxylic acids is 1. The van der Waals surface area contributed by atoms with Crippen molar-refractivity contribution in [2.45, 2.75) is 17.7 Å². The minimum Gasteiger partial charge on any atom is -0.481 e. The van der Waals surface area contributed by atoms with Crippen LogP contribution in [0.15, 0.2) is 47.4 Å². The van der Waals surface area contributed by atoms with Gasteiger partial charge in [-0.05, 0) is 36.2 Å². The van der Waals surface area contributed by atoms with Crippen LogP contribution in [0, 0.1) is 6.92 Å². The van der Waals surface area contributed by atoms with Gasteiger partial charge in [0.2, 0.25) is 0 Å². The number of amides is 1. The summed E-state index contributed by atoms with van der Waals surface area (Å²) in [5.41, 5.74) is 2.02. The van der Waals surface area contributed by atoms with E-state index in [2.05, 4.69) is 0 Å². The zero-order valence-electron chi connectivity index (χ0n) is 13.8. The Kier molecular flexibility index (Phi) is 4.12. The normalized spacial score (nSPS) is 16.6. The molecular formula is C18H17NO5S. The minimum atomic E-state index is -3.45. The van der Waals surface area contributed by atoms with Gasteiger partial charge in [0, 0.05) is 24.1 Å². The Morgan fingerprint density at radius 1 is 1.16 bits per heavy atom. The van der Waals surface area contributed by atoms with Crippen LogP contribution >= 0.6 is 0 Å². The van der Waals surface area contributed by atoms with Gasteiger partial charge in [0.05, 0.1) is 4.90 Å². The molecule has 7 heteroatoms. The Hall–Kier alpha value is -2.67. The first-order chi connectivity index (χ1) is 11.7. The molecule has 0 fully saturated rings. The van der Waals surface area contributed by atoms with Crippen LogP contribution in [0.25, 0.3) is 0 Å².